The van der Waals surface area contributed by atoms with Crippen molar-refractivity contribution in [3.8, 4) is 5.75 Å². The van der Waals surface area contributed by atoms with Crippen molar-refractivity contribution in [2.45, 2.75) is 71.7 Å². The van der Waals surface area contributed by atoms with Gasteiger partial charge in [-0.2, -0.15) is 0 Å². The van der Waals surface area contributed by atoms with Gasteiger partial charge in [0.25, 0.3) is 0 Å². The summed E-state index contributed by atoms with van der Waals surface area (Å²) in [6.45, 7) is 14.4. The molecule has 2 saturated heterocycles. The molecule has 0 N–H and O–H groups in total. The van der Waals surface area contributed by atoms with E-state index in [1.165, 1.54) is 5.56 Å². The fourth-order valence-electron chi connectivity index (χ4n) is 3.30. The van der Waals surface area contributed by atoms with E-state index in [4.69, 9.17) is 14.2 Å². The summed E-state index contributed by atoms with van der Waals surface area (Å²) in [5, 5.41) is 0. The number of hydrogen-bond acceptors (Lipinski definition) is 4. The lowest BCUT2D eigenvalue weighted by Crippen LogP contribution is -2.57. The van der Waals surface area contributed by atoms with Gasteiger partial charge in [0, 0.05) is 0 Å². The minimum absolute atomic E-state index is 0.0346. The summed E-state index contributed by atoms with van der Waals surface area (Å²) in [7, 11) is 0. The molecule has 0 aliphatic carbocycles. The molecule has 5 nitrogen and oxygen atoms in total. The predicted molar refractivity (Wildman–Crippen MR) is 105 cm³/mol. The maximum Gasteiger partial charge on any atom is 0.410 e. The van der Waals surface area contributed by atoms with E-state index in [-0.39, 0.29) is 23.2 Å². The fraction of sp³-hybridized carbons (Fsp3) is 0.682. The van der Waals surface area contributed by atoms with Crippen molar-refractivity contribution < 1.29 is 19.0 Å². The molecule has 2 aliphatic rings. The number of hydrogen-bond donors (Lipinski definition) is 0. The molecular formula is C22H33NO4. The van der Waals surface area contributed by atoms with Gasteiger partial charge in [0.15, 0.2) is 0 Å². The van der Waals surface area contributed by atoms with Crippen LogP contribution in [0.2, 0.25) is 0 Å². The Morgan fingerprint density at radius 1 is 1.15 bits per heavy atom. The zero-order valence-corrected chi connectivity index (χ0v) is 17.5. The van der Waals surface area contributed by atoms with Crippen LogP contribution >= 0.6 is 0 Å². The number of carbonyl (C=O) groups excluding carboxylic acids is 1. The number of amides is 1. The van der Waals surface area contributed by atoms with Crippen LogP contribution in [0.4, 0.5) is 4.79 Å². The number of aryl methyl sites for hydroxylation is 1. The fourth-order valence-corrected chi connectivity index (χ4v) is 3.30. The minimum Gasteiger partial charge on any atom is -0.487 e. The van der Waals surface area contributed by atoms with Crippen LogP contribution < -0.4 is 4.74 Å². The first-order valence-electron chi connectivity index (χ1n) is 9.85. The summed E-state index contributed by atoms with van der Waals surface area (Å²) in [5.41, 5.74) is 1.06. The summed E-state index contributed by atoms with van der Waals surface area (Å²) < 4.78 is 17.1. The highest BCUT2D eigenvalue weighted by Gasteiger charge is 2.53. The SMILES string of the molecule is CC(C)(C)OC(=O)N1CC(Oc2ccc(CCC3(C(C)(C)C)CO3)cc2)C1. The van der Waals surface area contributed by atoms with E-state index in [1.54, 1.807) is 4.90 Å². The molecule has 0 spiro atoms. The van der Waals surface area contributed by atoms with Gasteiger partial charge in [-0.1, -0.05) is 32.9 Å². The lowest BCUT2D eigenvalue weighted by Gasteiger charge is -2.39. The first kappa shape index (κ1) is 20.0. The Morgan fingerprint density at radius 2 is 1.74 bits per heavy atom. The monoisotopic (exact) mass is 375 g/mol. The van der Waals surface area contributed by atoms with Gasteiger partial charge in [-0.3, -0.25) is 0 Å². The number of benzene rings is 1. The molecule has 0 radical (unpaired) electrons. The molecule has 0 saturated carbocycles. The van der Waals surface area contributed by atoms with Crippen LogP contribution in [0.5, 0.6) is 5.75 Å². The third-order valence-corrected chi connectivity index (χ3v) is 5.40. The summed E-state index contributed by atoms with van der Waals surface area (Å²) in [6, 6.07) is 8.28. The molecular weight excluding hydrogens is 342 g/mol. The van der Waals surface area contributed by atoms with Crippen LogP contribution in [0.25, 0.3) is 0 Å². The molecule has 0 bridgehead atoms. The van der Waals surface area contributed by atoms with E-state index in [1.807, 2.05) is 32.9 Å². The Balaban J connectivity index is 1.42. The molecule has 2 fully saturated rings. The highest BCUT2D eigenvalue weighted by molar-refractivity contribution is 5.69. The van der Waals surface area contributed by atoms with Crippen molar-refractivity contribution in [3.63, 3.8) is 0 Å². The predicted octanol–water partition coefficient (Wildman–Crippen LogP) is 4.43. The molecule has 1 amide bonds. The summed E-state index contributed by atoms with van der Waals surface area (Å²) in [4.78, 5) is 13.6. The quantitative estimate of drug-likeness (QED) is 0.714. The number of ether oxygens (including phenoxy) is 3. The molecule has 2 aliphatic heterocycles. The first-order valence-corrected chi connectivity index (χ1v) is 9.85. The maximum absolute atomic E-state index is 12.0. The number of carbonyl (C=O) groups is 1. The van der Waals surface area contributed by atoms with Gasteiger partial charge in [0.05, 0.1) is 25.3 Å². The van der Waals surface area contributed by atoms with Crippen molar-refractivity contribution in [2.75, 3.05) is 19.7 Å². The van der Waals surface area contributed by atoms with Crippen LogP contribution in [0.3, 0.4) is 0 Å². The maximum atomic E-state index is 12.0. The third-order valence-electron chi connectivity index (χ3n) is 5.40. The summed E-state index contributed by atoms with van der Waals surface area (Å²) in [6.07, 6.45) is 1.82. The Kier molecular flexibility index (Phi) is 5.19. The Labute approximate surface area is 163 Å². The van der Waals surface area contributed by atoms with Gasteiger partial charge in [-0.25, -0.2) is 4.79 Å². The highest BCUT2D eigenvalue weighted by Crippen LogP contribution is 2.47. The normalized spacial score (nSPS) is 23.0. The Bertz CT molecular complexity index is 659. The van der Waals surface area contributed by atoms with Gasteiger partial charge in [-0.05, 0) is 56.7 Å². The number of nitrogens with zero attached hydrogens (tertiary/aromatic N) is 1. The van der Waals surface area contributed by atoms with E-state index < -0.39 is 5.60 Å². The molecule has 3 rings (SSSR count). The lowest BCUT2D eigenvalue weighted by atomic mass is 9.77. The largest absolute Gasteiger partial charge is 0.487 e. The van der Waals surface area contributed by atoms with E-state index in [9.17, 15) is 4.79 Å². The van der Waals surface area contributed by atoms with E-state index in [0.717, 1.165) is 25.2 Å². The average molecular weight is 376 g/mol. The Morgan fingerprint density at radius 3 is 2.22 bits per heavy atom. The van der Waals surface area contributed by atoms with Crippen LogP contribution in [0, 0.1) is 5.41 Å². The van der Waals surface area contributed by atoms with Crippen molar-refractivity contribution in [1.29, 1.82) is 0 Å². The van der Waals surface area contributed by atoms with Crippen molar-refractivity contribution >= 4 is 6.09 Å². The lowest BCUT2D eigenvalue weighted by molar-refractivity contribution is -0.0221. The van der Waals surface area contributed by atoms with Gasteiger partial charge >= 0.3 is 6.09 Å². The highest BCUT2D eigenvalue weighted by atomic mass is 16.6. The van der Waals surface area contributed by atoms with Crippen LogP contribution in [-0.4, -0.2) is 48.0 Å². The third kappa shape index (κ3) is 4.95. The van der Waals surface area contributed by atoms with E-state index in [2.05, 4.69) is 32.9 Å². The molecule has 150 valence electrons. The van der Waals surface area contributed by atoms with Gasteiger partial charge in [0.1, 0.15) is 17.5 Å². The molecule has 1 unspecified atom stereocenters. The molecule has 5 heteroatoms. The van der Waals surface area contributed by atoms with Gasteiger partial charge < -0.3 is 19.1 Å². The molecule has 1 aromatic carbocycles. The minimum atomic E-state index is -0.462. The molecule has 27 heavy (non-hydrogen) atoms. The summed E-state index contributed by atoms with van der Waals surface area (Å²) >= 11 is 0. The molecule has 0 aromatic heterocycles. The zero-order valence-electron chi connectivity index (χ0n) is 17.5. The van der Waals surface area contributed by atoms with Crippen LogP contribution in [-0.2, 0) is 15.9 Å². The van der Waals surface area contributed by atoms with Crippen molar-refractivity contribution in [1.82, 2.24) is 4.90 Å². The summed E-state index contributed by atoms with van der Waals surface area (Å²) in [5.74, 6) is 0.848. The molecule has 2 heterocycles. The standard InChI is InChI=1S/C22H33NO4/c1-20(2,3)22(15-25-22)12-11-16-7-9-17(10-8-16)26-18-13-23(14-18)19(24)27-21(4,5)6/h7-10,18H,11-15H2,1-6H3. The Hall–Kier alpha value is -1.75. The average Bonchev–Trinajstić information content (AvgIpc) is 3.28. The van der Waals surface area contributed by atoms with Crippen molar-refractivity contribution in [3.05, 3.63) is 29.8 Å². The second kappa shape index (κ2) is 7.01. The van der Waals surface area contributed by atoms with Gasteiger partial charge in [0.2, 0.25) is 0 Å². The first-order chi connectivity index (χ1) is 12.5. The van der Waals surface area contributed by atoms with Gasteiger partial charge in [-0.15, -0.1) is 0 Å². The molecule has 1 aromatic rings. The zero-order chi connectivity index (χ0) is 19.9. The molecule has 1 atom stereocenters. The number of likely N-dealkylation sites (tertiary alicyclic amines) is 1. The second-order valence-electron chi connectivity index (χ2n) is 9.80. The number of epoxide rings is 1. The number of rotatable bonds is 5. The smallest absolute Gasteiger partial charge is 0.410 e. The van der Waals surface area contributed by atoms with Crippen molar-refractivity contribution in [2.24, 2.45) is 5.41 Å². The topological polar surface area (TPSA) is 51.3 Å². The second-order valence-corrected chi connectivity index (χ2v) is 9.80. The van der Waals surface area contributed by atoms with E-state index in [0.29, 0.717) is 13.1 Å². The van der Waals surface area contributed by atoms with Crippen LogP contribution in [0.1, 0.15) is 53.5 Å². The van der Waals surface area contributed by atoms with E-state index >= 15 is 0 Å². The van der Waals surface area contributed by atoms with Crippen LogP contribution in [0.15, 0.2) is 24.3 Å².